The zero-order chi connectivity index (χ0) is 12.0. The van der Waals surface area contributed by atoms with Crippen LogP contribution in [-0.4, -0.2) is 55.3 Å². The Balaban J connectivity index is 2.68. The summed E-state index contributed by atoms with van der Waals surface area (Å²) in [6.07, 6.45) is 5.53. The molecule has 2 unspecified atom stereocenters. The number of likely N-dealkylation sites (N-methyl/N-ethyl adjacent to an activating group) is 1. The lowest BCUT2D eigenvalue weighted by molar-refractivity contribution is 0.0674. The SMILES string of the molecule is CSCC(C)N(C)C1(CN)CCCOCC1. The summed E-state index contributed by atoms with van der Waals surface area (Å²) in [5.74, 6) is 1.17. The molecule has 0 aliphatic carbocycles. The maximum Gasteiger partial charge on any atom is 0.0484 e. The van der Waals surface area contributed by atoms with Crippen molar-refractivity contribution in [2.75, 3.05) is 38.8 Å². The number of hydrogen-bond donors (Lipinski definition) is 1. The second-order valence-electron chi connectivity index (χ2n) is 4.81. The minimum Gasteiger partial charge on any atom is -0.381 e. The van der Waals surface area contributed by atoms with E-state index in [1.165, 1.54) is 12.2 Å². The third-order valence-electron chi connectivity index (χ3n) is 3.84. The molecular weight excluding hydrogens is 220 g/mol. The molecule has 1 rings (SSSR count). The summed E-state index contributed by atoms with van der Waals surface area (Å²) >= 11 is 1.90. The first-order valence-electron chi connectivity index (χ1n) is 6.16. The molecule has 0 aromatic carbocycles. The van der Waals surface area contributed by atoms with E-state index in [-0.39, 0.29) is 5.54 Å². The van der Waals surface area contributed by atoms with E-state index in [4.69, 9.17) is 10.5 Å². The molecule has 4 heteroatoms. The van der Waals surface area contributed by atoms with E-state index < -0.39 is 0 Å². The number of nitrogens with zero attached hydrogens (tertiary/aromatic N) is 1. The van der Waals surface area contributed by atoms with Gasteiger partial charge in [-0.1, -0.05) is 0 Å². The van der Waals surface area contributed by atoms with Crippen LogP contribution in [0.25, 0.3) is 0 Å². The van der Waals surface area contributed by atoms with Crippen LogP contribution in [0.5, 0.6) is 0 Å². The molecule has 0 radical (unpaired) electrons. The average molecular weight is 246 g/mol. The van der Waals surface area contributed by atoms with Crippen LogP contribution >= 0.6 is 11.8 Å². The van der Waals surface area contributed by atoms with Gasteiger partial charge in [-0.05, 0) is 39.5 Å². The molecule has 0 aromatic rings. The Morgan fingerprint density at radius 2 is 2.19 bits per heavy atom. The lowest BCUT2D eigenvalue weighted by Crippen LogP contribution is -2.56. The molecule has 0 spiro atoms. The molecule has 96 valence electrons. The highest BCUT2D eigenvalue weighted by Crippen LogP contribution is 2.28. The summed E-state index contributed by atoms with van der Waals surface area (Å²) in [5, 5.41) is 0. The van der Waals surface area contributed by atoms with Crippen LogP contribution in [0.1, 0.15) is 26.2 Å². The van der Waals surface area contributed by atoms with E-state index in [0.29, 0.717) is 6.04 Å². The maximum absolute atomic E-state index is 6.04. The van der Waals surface area contributed by atoms with Gasteiger partial charge < -0.3 is 10.5 Å². The summed E-state index contributed by atoms with van der Waals surface area (Å²) < 4.78 is 5.55. The Hall–Kier alpha value is 0.230. The molecule has 1 aliphatic heterocycles. The summed E-state index contributed by atoms with van der Waals surface area (Å²) in [4.78, 5) is 2.48. The molecule has 1 aliphatic rings. The molecule has 1 heterocycles. The van der Waals surface area contributed by atoms with E-state index in [1.807, 2.05) is 11.8 Å². The van der Waals surface area contributed by atoms with E-state index in [2.05, 4.69) is 25.1 Å². The average Bonchev–Trinajstić information content (AvgIpc) is 2.54. The zero-order valence-corrected chi connectivity index (χ0v) is 11.7. The summed E-state index contributed by atoms with van der Waals surface area (Å²) in [6, 6.07) is 0.580. The van der Waals surface area contributed by atoms with Gasteiger partial charge in [-0.25, -0.2) is 0 Å². The van der Waals surface area contributed by atoms with E-state index >= 15 is 0 Å². The molecule has 16 heavy (non-hydrogen) atoms. The Morgan fingerprint density at radius 1 is 1.44 bits per heavy atom. The first-order valence-corrected chi connectivity index (χ1v) is 7.55. The fourth-order valence-electron chi connectivity index (χ4n) is 2.51. The molecule has 1 saturated heterocycles. The molecule has 2 N–H and O–H groups in total. The summed E-state index contributed by atoms with van der Waals surface area (Å²) in [6.45, 7) is 4.78. The molecule has 0 bridgehead atoms. The smallest absolute Gasteiger partial charge is 0.0484 e. The van der Waals surface area contributed by atoms with E-state index in [0.717, 1.165) is 32.6 Å². The van der Waals surface area contributed by atoms with Crippen molar-refractivity contribution in [2.45, 2.75) is 37.8 Å². The monoisotopic (exact) mass is 246 g/mol. The van der Waals surface area contributed by atoms with Crippen LogP contribution in [0.2, 0.25) is 0 Å². The number of rotatable bonds is 5. The molecule has 2 atom stereocenters. The molecule has 0 amide bonds. The van der Waals surface area contributed by atoms with Crippen LogP contribution in [0.4, 0.5) is 0 Å². The van der Waals surface area contributed by atoms with Crippen LogP contribution < -0.4 is 5.73 Å². The Labute approximate surface area is 104 Å². The van der Waals surface area contributed by atoms with Gasteiger partial charge in [0.1, 0.15) is 0 Å². The maximum atomic E-state index is 6.04. The van der Waals surface area contributed by atoms with Gasteiger partial charge in [0.25, 0.3) is 0 Å². The quantitative estimate of drug-likeness (QED) is 0.799. The van der Waals surface area contributed by atoms with Gasteiger partial charge in [0.2, 0.25) is 0 Å². The normalized spacial score (nSPS) is 29.1. The first-order chi connectivity index (χ1) is 7.66. The van der Waals surface area contributed by atoms with Crippen LogP contribution in [0.3, 0.4) is 0 Å². The molecular formula is C12H26N2OS. The van der Waals surface area contributed by atoms with Gasteiger partial charge in [-0.3, -0.25) is 4.90 Å². The van der Waals surface area contributed by atoms with E-state index in [9.17, 15) is 0 Å². The molecule has 3 nitrogen and oxygen atoms in total. The molecule has 1 fully saturated rings. The fraction of sp³-hybridized carbons (Fsp3) is 1.00. The van der Waals surface area contributed by atoms with Gasteiger partial charge in [0, 0.05) is 37.1 Å². The number of ether oxygens (including phenoxy) is 1. The lowest BCUT2D eigenvalue weighted by Gasteiger charge is -2.44. The van der Waals surface area contributed by atoms with Gasteiger partial charge in [-0.2, -0.15) is 11.8 Å². The highest BCUT2D eigenvalue weighted by atomic mass is 32.2. The second kappa shape index (κ2) is 6.84. The van der Waals surface area contributed by atoms with Crippen molar-refractivity contribution in [3.05, 3.63) is 0 Å². The van der Waals surface area contributed by atoms with Crippen molar-refractivity contribution in [1.82, 2.24) is 4.90 Å². The molecule has 0 aromatic heterocycles. The summed E-state index contributed by atoms with van der Waals surface area (Å²) in [7, 11) is 2.22. The highest BCUT2D eigenvalue weighted by Gasteiger charge is 2.35. The van der Waals surface area contributed by atoms with Gasteiger partial charge >= 0.3 is 0 Å². The Bertz CT molecular complexity index is 193. The van der Waals surface area contributed by atoms with Gasteiger partial charge in [-0.15, -0.1) is 0 Å². The minimum atomic E-state index is 0.158. The number of thioether (sulfide) groups is 1. The van der Waals surface area contributed by atoms with E-state index in [1.54, 1.807) is 0 Å². The topological polar surface area (TPSA) is 38.5 Å². The number of hydrogen-bond acceptors (Lipinski definition) is 4. The van der Waals surface area contributed by atoms with Gasteiger partial charge in [0.15, 0.2) is 0 Å². The fourth-order valence-corrected chi connectivity index (χ4v) is 3.22. The van der Waals surface area contributed by atoms with Gasteiger partial charge in [0.05, 0.1) is 0 Å². The lowest BCUT2D eigenvalue weighted by atomic mass is 9.88. The Morgan fingerprint density at radius 3 is 2.81 bits per heavy atom. The zero-order valence-electron chi connectivity index (χ0n) is 10.9. The third kappa shape index (κ3) is 3.36. The first kappa shape index (κ1) is 14.3. The van der Waals surface area contributed by atoms with Crippen molar-refractivity contribution in [3.8, 4) is 0 Å². The highest BCUT2D eigenvalue weighted by molar-refractivity contribution is 7.98. The van der Waals surface area contributed by atoms with Crippen LogP contribution in [0.15, 0.2) is 0 Å². The van der Waals surface area contributed by atoms with Crippen molar-refractivity contribution in [3.63, 3.8) is 0 Å². The minimum absolute atomic E-state index is 0.158. The van der Waals surface area contributed by atoms with Crippen LogP contribution in [0, 0.1) is 0 Å². The van der Waals surface area contributed by atoms with Crippen molar-refractivity contribution in [2.24, 2.45) is 5.73 Å². The standard InChI is InChI=1S/C12H26N2OS/c1-11(9-16-3)14(2)12(10-13)5-4-7-15-8-6-12/h11H,4-10,13H2,1-3H3. The predicted octanol–water partition coefficient (Wildman–Crippen LogP) is 1.57. The second-order valence-corrected chi connectivity index (χ2v) is 5.72. The predicted molar refractivity (Wildman–Crippen MR) is 72.1 cm³/mol. The third-order valence-corrected chi connectivity index (χ3v) is 4.66. The van der Waals surface area contributed by atoms with Crippen LogP contribution in [-0.2, 0) is 4.74 Å². The van der Waals surface area contributed by atoms with Crippen molar-refractivity contribution in [1.29, 1.82) is 0 Å². The molecule has 0 saturated carbocycles. The van der Waals surface area contributed by atoms with Crippen molar-refractivity contribution < 1.29 is 4.74 Å². The number of nitrogens with two attached hydrogens (primary N) is 1. The van der Waals surface area contributed by atoms with Crippen molar-refractivity contribution >= 4 is 11.8 Å². The Kier molecular flexibility index (Phi) is 6.11. The summed E-state index contributed by atoms with van der Waals surface area (Å²) in [5.41, 5.74) is 6.20. The largest absolute Gasteiger partial charge is 0.381 e.